The molecule has 1 aromatic rings. The third-order valence-corrected chi connectivity index (χ3v) is 4.42. The predicted octanol–water partition coefficient (Wildman–Crippen LogP) is 2.65. The van der Waals surface area contributed by atoms with Crippen LogP contribution in [0.25, 0.3) is 0 Å². The summed E-state index contributed by atoms with van der Waals surface area (Å²) in [5, 5.41) is 18.4. The molecule has 0 aromatic carbocycles. The van der Waals surface area contributed by atoms with Gasteiger partial charge in [-0.15, -0.1) is 11.3 Å². The smallest absolute Gasteiger partial charge is 0.315 e. The zero-order valence-corrected chi connectivity index (χ0v) is 14.6. The van der Waals surface area contributed by atoms with Crippen molar-refractivity contribution < 1.29 is 9.90 Å². The van der Waals surface area contributed by atoms with Gasteiger partial charge in [-0.25, -0.2) is 9.78 Å². The molecule has 3 N–H and O–H groups in total. The number of hydrogen-bond donors (Lipinski definition) is 3. The van der Waals surface area contributed by atoms with Gasteiger partial charge in [0, 0.05) is 17.3 Å². The summed E-state index contributed by atoms with van der Waals surface area (Å²) < 4.78 is 0. The molecule has 1 rings (SSSR count). The first-order valence-corrected chi connectivity index (χ1v) is 8.09. The molecule has 0 aliphatic rings. The number of nitrogens with one attached hydrogen (secondary N) is 2. The number of hydrogen-bond acceptors (Lipinski definition) is 4. The molecule has 6 heteroatoms. The van der Waals surface area contributed by atoms with Gasteiger partial charge in [0.25, 0.3) is 0 Å². The molecular weight excluding hydrogens is 286 g/mol. The fraction of sp³-hybridized carbons (Fsp3) is 0.733. The largest absolute Gasteiger partial charge is 0.388 e. The van der Waals surface area contributed by atoms with Crippen molar-refractivity contribution in [3.8, 4) is 0 Å². The van der Waals surface area contributed by atoms with Crippen LogP contribution in [0.1, 0.15) is 52.2 Å². The average Bonchev–Trinajstić information content (AvgIpc) is 2.82. The first-order chi connectivity index (χ1) is 9.52. The lowest BCUT2D eigenvalue weighted by Gasteiger charge is -2.27. The van der Waals surface area contributed by atoms with Crippen LogP contribution in [0.3, 0.4) is 0 Å². The van der Waals surface area contributed by atoms with Crippen molar-refractivity contribution in [2.75, 3.05) is 6.54 Å². The Morgan fingerprint density at radius 3 is 2.43 bits per heavy atom. The molecule has 2 amide bonds. The Balaban J connectivity index is 2.42. The zero-order valence-electron chi connectivity index (χ0n) is 13.8. The number of nitrogens with zero attached hydrogens (tertiary/aromatic N) is 1. The monoisotopic (exact) mass is 313 g/mol. The molecule has 0 fully saturated rings. The third-order valence-electron chi connectivity index (χ3n) is 3.57. The summed E-state index contributed by atoms with van der Waals surface area (Å²) >= 11 is 1.54. The normalized spacial score (nSPS) is 14.9. The second-order valence-corrected chi connectivity index (χ2v) is 7.87. The average molecular weight is 313 g/mol. The quantitative estimate of drug-likeness (QED) is 0.782. The number of thiazole rings is 1. The molecule has 1 atom stereocenters. The molecule has 1 heterocycles. The van der Waals surface area contributed by atoms with E-state index in [2.05, 4.69) is 36.4 Å². The van der Waals surface area contributed by atoms with Crippen LogP contribution in [-0.4, -0.2) is 28.3 Å². The Labute approximate surface area is 131 Å². The molecule has 21 heavy (non-hydrogen) atoms. The molecule has 120 valence electrons. The van der Waals surface area contributed by atoms with Crippen molar-refractivity contribution in [1.29, 1.82) is 0 Å². The lowest BCUT2D eigenvalue weighted by Crippen LogP contribution is -2.47. The number of amides is 2. The summed E-state index contributed by atoms with van der Waals surface area (Å²) in [4.78, 5) is 16.3. The SMILES string of the molecule is CC(C)C(C)(O)CNC(=O)NCc1nc(C(C)(C)C)cs1. The molecular formula is C15H27N3O2S. The maximum Gasteiger partial charge on any atom is 0.315 e. The van der Waals surface area contributed by atoms with Gasteiger partial charge < -0.3 is 15.7 Å². The molecule has 1 aromatic heterocycles. The Kier molecular flexibility index (Phi) is 5.75. The highest BCUT2D eigenvalue weighted by atomic mass is 32.1. The number of carbonyl (C=O) groups is 1. The van der Waals surface area contributed by atoms with Gasteiger partial charge in [0.15, 0.2) is 0 Å². The van der Waals surface area contributed by atoms with E-state index >= 15 is 0 Å². The summed E-state index contributed by atoms with van der Waals surface area (Å²) in [5.74, 6) is 0.0751. The topological polar surface area (TPSA) is 74.2 Å². The molecule has 5 nitrogen and oxygen atoms in total. The van der Waals surface area contributed by atoms with Gasteiger partial charge in [-0.1, -0.05) is 34.6 Å². The van der Waals surface area contributed by atoms with Gasteiger partial charge in [0.1, 0.15) is 5.01 Å². The number of rotatable bonds is 5. The van der Waals surface area contributed by atoms with Gasteiger partial charge >= 0.3 is 6.03 Å². The number of urea groups is 1. The van der Waals surface area contributed by atoms with Crippen LogP contribution in [0, 0.1) is 5.92 Å². The molecule has 0 saturated carbocycles. The van der Waals surface area contributed by atoms with Crippen LogP contribution in [0.4, 0.5) is 4.79 Å². The fourth-order valence-corrected chi connectivity index (χ4v) is 2.38. The van der Waals surface area contributed by atoms with E-state index in [0.29, 0.717) is 6.54 Å². The molecule has 0 aliphatic carbocycles. The van der Waals surface area contributed by atoms with Crippen LogP contribution in [0.2, 0.25) is 0 Å². The van der Waals surface area contributed by atoms with E-state index in [9.17, 15) is 9.90 Å². The number of aliphatic hydroxyl groups is 1. The van der Waals surface area contributed by atoms with Gasteiger partial charge in [-0.3, -0.25) is 0 Å². The molecule has 0 bridgehead atoms. The van der Waals surface area contributed by atoms with Gasteiger partial charge in [0.05, 0.1) is 17.8 Å². The Morgan fingerprint density at radius 1 is 1.33 bits per heavy atom. The lowest BCUT2D eigenvalue weighted by atomic mass is 9.93. The van der Waals surface area contributed by atoms with E-state index in [1.807, 2.05) is 19.2 Å². The van der Waals surface area contributed by atoms with Crippen molar-refractivity contribution in [3.05, 3.63) is 16.1 Å². The van der Waals surface area contributed by atoms with Crippen LogP contribution in [0.15, 0.2) is 5.38 Å². The standard InChI is InChI=1S/C15H27N3O2S/c1-10(2)15(6,20)9-17-13(19)16-7-12-18-11(8-21-12)14(3,4)5/h8,10,20H,7,9H2,1-6H3,(H2,16,17,19). The Morgan fingerprint density at radius 2 is 1.95 bits per heavy atom. The second-order valence-electron chi connectivity index (χ2n) is 6.92. The first kappa shape index (κ1) is 17.9. The van der Waals surface area contributed by atoms with Gasteiger partial charge in [-0.2, -0.15) is 0 Å². The highest BCUT2D eigenvalue weighted by molar-refractivity contribution is 7.09. The van der Waals surface area contributed by atoms with Gasteiger partial charge in [-0.05, 0) is 12.8 Å². The van der Waals surface area contributed by atoms with Crippen LogP contribution < -0.4 is 10.6 Å². The van der Waals surface area contributed by atoms with Gasteiger partial charge in [0.2, 0.25) is 0 Å². The van der Waals surface area contributed by atoms with E-state index in [1.54, 1.807) is 18.3 Å². The number of aromatic nitrogens is 1. The van der Waals surface area contributed by atoms with Crippen molar-refractivity contribution >= 4 is 17.4 Å². The summed E-state index contributed by atoms with van der Waals surface area (Å²) in [6, 6.07) is -0.288. The van der Waals surface area contributed by atoms with Crippen molar-refractivity contribution in [2.24, 2.45) is 5.92 Å². The summed E-state index contributed by atoms with van der Waals surface area (Å²) in [6.07, 6.45) is 0. The maximum absolute atomic E-state index is 11.7. The van der Waals surface area contributed by atoms with Crippen molar-refractivity contribution in [2.45, 2.75) is 59.1 Å². The zero-order chi connectivity index (χ0) is 16.3. The highest BCUT2D eigenvalue weighted by Crippen LogP contribution is 2.23. The molecule has 0 spiro atoms. The molecule has 0 saturated heterocycles. The molecule has 0 radical (unpaired) electrons. The summed E-state index contributed by atoms with van der Waals surface area (Å²) in [7, 11) is 0. The van der Waals surface area contributed by atoms with Crippen LogP contribution in [0.5, 0.6) is 0 Å². The third kappa shape index (κ3) is 5.63. The molecule has 1 unspecified atom stereocenters. The van der Waals surface area contributed by atoms with E-state index in [0.717, 1.165) is 10.7 Å². The Hall–Kier alpha value is -1.14. The van der Waals surface area contributed by atoms with E-state index in [-0.39, 0.29) is 23.9 Å². The minimum Gasteiger partial charge on any atom is -0.388 e. The Bertz CT molecular complexity index is 476. The van der Waals surface area contributed by atoms with Crippen molar-refractivity contribution in [3.63, 3.8) is 0 Å². The number of carbonyl (C=O) groups excluding carboxylic acids is 1. The summed E-state index contributed by atoms with van der Waals surface area (Å²) in [5.41, 5.74) is 0.151. The lowest BCUT2D eigenvalue weighted by molar-refractivity contribution is 0.0166. The predicted molar refractivity (Wildman–Crippen MR) is 86.5 cm³/mol. The minimum absolute atomic E-state index is 0.0208. The highest BCUT2D eigenvalue weighted by Gasteiger charge is 2.25. The maximum atomic E-state index is 11.7. The van der Waals surface area contributed by atoms with Crippen LogP contribution >= 0.6 is 11.3 Å². The van der Waals surface area contributed by atoms with E-state index in [4.69, 9.17) is 0 Å². The van der Waals surface area contributed by atoms with Crippen molar-refractivity contribution in [1.82, 2.24) is 15.6 Å². The minimum atomic E-state index is -0.905. The summed E-state index contributed by atoms with van der Waals surface area (Å²) in [6.45, 7) is 12.5. The molecule has 0 aliphatic heterocycles. The van der Waals surface area contributed by atoms with E-state index in [1.165, 1.54) is 0 Å². The fourth-order valence-electron chi connectivity index (χ4n) is 1.42. The second kappa shape index (κ2) is 6.75. The van der Waals surface area contributed by atoms with Crippen LogP contribution in [-0.2, 0) is 12.0 Å². The van der Waals surface area contributed by atoms with E-state index < -0.39 is 5.60 Å². The first-order valence-electron chi connectivity index (χ1n) is 7.21.